The van der Waals surface area contributed by atoms with Gasteiger partial charge in [-0.25, -0.2) is 8.42 Å². The molecule has 0 aromatic heterocycles. The fraction of sp³-hybridized carbons (Fsp3) is 0.364. The Hall–Kier alpha value is -1.64. The van der Waals surface area contributed by atoms with E-state index in [-0.39, 0.29) is 11.3 Å². The lowest BCUT2D eigenvalue weighted by Gasteiger charge is -2.13. The van der Waals surface area contributed by atoms with Gasteiger partial charge in [0, 0.05) is 6.61 Å². The maximum Gasteiger partial charge on any atom is 0.321 e. The number of carbonyl (C=O) groups is 1. The third-order valence-corrected chi connectivity index (χ3v) is 3.87. The topological polar surface area (TPSA) is 113 Å². The van der Waals surface area contributed by atoms with Crippen LogP contribution in [0, 0.1) is 0 Å². The molecule has 1 aromatic carbocycles. The average Bonchev–Trinajstić information content (AvgIpc) is 2.38. The third kappa shape index (κ3) is 4.19. The van der Waals surface area contributed by atoms with Crippen LogP contribution in [0.3, 0.4) is 0 Å². The predicted octanol–water partition coefficient (Wildman–Crippen LogP) is -0.191. The summed E-state index contributed by atoms with van der Waals surface area (Å²) in [6.45, 7) is -0.428. The van der Waals surface area contributed by atoms with Crippen LogP contribution >= 0.6 is 0 Å². The zero-order valence-electron chi connectivity index (χ0n) is 10.2. The van der Waals surface area contributed by atoms with Gasteiger partial charge in [-0.15, -0.1) is 0 Å². The van der Waals surface area contributed by atoms with Crippen LogP contribution in [0.4, 0.5) is 0 Å². The molecule has 0 saturated carbocycles. The molecule has 0 saturated heterocycles. The summed E-state index contributed by atoms with van der Waals surface area (Å²) in [6, 6.07) is 4.15. The molecule has 1 aromatic rings. The van der Waals surface area contributed by atoms with Crippen molar-refractivity contribution in [2.45, 2.75) is 17.4 Å². The van der Waals surface area contributed by atoms with E-state index >= 15 is 0 Å². The highest BCUT2D eigenvalue weighted by Gasteiger charge is 2.24. The van der Waals surface area contributed by atoms with Gasteiger partial charge in [0.25, 0.3) is 0 Å². The van der Waals surface area contributed by atoms with E-state index in [1.165, 1.54) is 31.4 Å². The zero-order valence-corrected chi connectivity index (χ0v) is 11.1. The first-order valence-corrected chi connectivity index (χ1v) is 6.89. The molecule has 0 bridgehead atoms. The first kappa shape index (κ1) is 15.4. The Labute approximate surface area is 110 Å². The van der Waals surface area contributed by atoms with Crippen LogP contribution in [0.1, 0.15) is 6.42 Å². The zero-order chi connectivity index (χ0) is 14.5. The predicted molar refractivity (Wildman–Crippen MR) is 66.4 cm³/mol. The van der Waals surface area contributed by atoms with Crippen LogP contribution in [-0.2, 0) is 14.8 Å². The Morgan fingerprint density at radius 2 is 1.95 bits per heavy atom. The highest BCUT2D eigenvalue weighted by atomic mass is 32.2. The van der Waals surface area contributed by atoms with E-state index in [1.807, 2.05) is 4.72 Å². The number of nitrogens with one attached hydrogen (secondary N) is 1. The highest BCUT2D eigenvalue weighted by Crippen LogP contribution is 2.15. The summed E-state index contributed by atoms with van der Waals surface area (Å²) in [5, 5.41) is 17.5. The summed E-state index contributed by atoms with van der Waals surface area (Å²) in [4.78, 5) is 10.8. The summed E-state index contributed by atoms with van der Waals surface area (Å²) >= 11 is 0. The lowest BCUT2D eigenvalue weighted by atomic mass is 10.2. The van der Waals surface area contributed by atoms with Gasteiger partial charge in [-0.2, -0.15) is 4.72 Å². The van der Waals surface area contributed by atoms with E-state index in [0.29, 0.717) is 5.75 Å². The smallest absolute Gasteiger partial charge is 0.321 e. The molecule has 0 aliphatic heterocycles. The van der Waals surface area contributed by atoms with Crippen molar-refractivity contribution in [2.75, 3.05) is 13.7 Å². The Balaban J connectivity index is 2.92. The summed E-state index contributed by atoms with van der Waals surface area (Å²) in [7, 11) is -2.50. The molecule has 0 aliphatic rings. The second kappa shape index (κ2) is 6.50. The molecule has 0 spiro atoms. The first-order chi connectivity index (χ1) is 8.90. The molecular weight excluding hydrogens is 274 g/mol. The number of aliphatic hydroxyl groups excluding tert-OH is 1. The minimum absolute atomic E-state index is 0.0718. The maximum atomic E-state index is 11.9. The standard InChI is InChI=1S/C11H15NO6S/c1-18-8-2-4-9(5-3-8)19(16,17)12-10(6-7-13)11(14)15/h2-5,10,12-13H,6-7H2,1H3,(H,14,15). The van der Waals surface area contributed by atoms with Crippen LogP contribution in [0.25, 0.3) is 0 Å². The molecule has 0 amide bonds. The van der Waals surface area contributed by atoms with Gasteiger partial charge in [-0.05, 0) is 30.7 Å². The summed E-state index contributed by atoms with van der Waals surface area (Å²) in [5.41, 5.74) is 0. The van der Waals surface area contributed by atoms with Gasteiger partial charge in [-0.1, -0.05) is 0 Å². The fourth-order valence-electron chi connectivity index (χ4n) is 1.37. The Bertz CT molecular complexity index is 525. The van der Waals surface area contributed by atoms with Gasteiger partial charge in [0.1, 0.15) is 11.8 Å². The van der Waals surface area contributed by atoms with Crippen molar-refractivity contribution in [3.05, 3.63) is 24.3 Å². The molecule has 1 rings (SSSR count). The minimum Gasteiger partial charge on any atom is -0.497 e. The number of methoxy groups -OCH3 is 1. The summed E-state index contributed by atoms with van der Waals surface area (Å²) in [5.74, 6) is -0.852. The number of carboxylic acids is 1. The van der Waals surface area contributed by atoms with Crippen molar-refractivity contribution in [1.82, 2.24) is 4.72 Å². The number of ether oxygens (including phenoxy) is 1. The largest absolute Gasteiger partial charge is 0.497 e. The normalized spacial score (nSPS) is 12.9. The second-order valence-electron chi connectivity index (χ2n) is 3.70. The van der Waals surface area contributed by atoms with Gasteiger partial charge in [0.15, 0.2) is 0 Å². The average molecular weight is 289 g/mol. The van der Waals surface area contributed by atoms with Crippen LogP contribution < -0.4 is 9.46 Å². The van der Waals surface area contributed by atoms with Gasteiger partial charge in [0.05, 0.1) is 12.0 Å². The Morgan fingerprint density at radius 1 is 1.37 bits per heavy atom. The number of hydrogen-bond acceptors (Lipinski definition) is 5. The summed E-state index contributed by atoms with van der Waals surface area (Å²) in [6.07, 6.45) is -0.204. The SMILES string of the molecule is COc1ccc(S(=O)(=O)NC(CCO)C(=O)O)cc1. The number of carboxylic acid groups (broad SMARTS) is 1. The molecule has 7 nitrogen and oxygen atoms in total. The Kier molecular flexibility index (Phi) is 5.28. The fourth-order valence-corrected chi connectivity index (χ4v) is 2.60. The minimum atomic E-state index is -3.95. The first-order valence-electron chi connectivity index (χ1n) is 5.40. The number of aliphatic hydroxyl groups is 1. The van der Waals surface area contributed by atoms with E-state index in [9.17, 15) is 13.2 Å². The molecule has 0 aliphatic carbocycles. The van der Waals surface area contributed by atoms with Gasteiger partial charge in [0.2, 0.25) is 10.0 Å². The van der Waals surface area contributed by atoms with Crippen molar-refractivity contribution in [3.8, 4) is 5.75 Å². The maximum absolute atomic E-state index is 11.9. The number of aliphatic carboxylic acids is 1. The number of rotatable bonds is 7. The Morgan fingerprint density at radius 3 is 2.37 bits per heavy atom. The lowest BCUT2D eigenvalue weighted by molar-refractivity contribution is -0.139. The molecule has 106 valence electrons. The summed E-state index contributed by atoms with van der Waals surface area (Å²) < 4.78 is 30.8. The van der Waals surface area contributed by atoms with E-state index in [1.54, 1.807) is 0 Å². The van der Waals surface area contributed by atoms with Crippen molar-refractivity contribution >= 4 is 16.0 Å². The molecular formula is C11H15NO6S. The number of benzene rings is 1. The van der Waals surface area contributed by atoms with Crippen molar-refractivity contribution in [3.63, 3.8) is 0 Å². The molecule has 3 N–H and O–H groups in total. The molecule has 8 heteroatoms. The third-order valence-electron chi connectivity index (χ3n) is 2.38. The van der Waals surface area contributed by atoms with E-state index in [0.717, 1.165) is 0 Å². The molecule has 0 radical (unpaired) electrons. The highest BCUT2D eigenvalue weighted by molar-refractivity contribution is 7.89. The van der Waals surface area contributed by atoms with Crippen LogP contribution in [0.5, 0.6) is 5.75 Å². The number of hydrogen-bond donors (Lipinski definition) is 3. The van der Waals surface area contributed by atoms with Gasteiger partial charge >= 0.3 is 5.97 Å². The van der Waals surface area contributed by atoms with E-state index < -0.39 is 28.6 Å². The number of sulfonamides is 1. The van der Waals surface area contributed by atoms with E-state index in [2.05, 4.69) is 0 Å². The lowest BCUT2D eigenvalue weighted by Crippen LogP contribution is -2.41. The van der Waals surface area contributed by atoms with Crippen molar-refractivity contribution in [1.29, 1.82) is 0 Å². The quantitative estimate of drug-likeness (QED) is 0.641. The van der Waals surface area contributed by atoms with Crippen LogP contribution in [-0.4, -0.2) is 44.4 Å². The molecule has 0 fully saturated rings. The van der Waals surface area contributed by atoms with Gasteiger partial charge < -0.3 is 14.9 Å². The molecule has 1 atom stereocenters. The van der Waals surface area contributed by atoms with Crippen LogP contribution in [0.15, 0.2) is 29.2 Å². The monoisotopic (exact) mass is 289 g/mol. The second-order valence-corrected chi connectivity index (χ2v) is 5.41. The van der Waals surface area contributed by atoms with Gasteiger partial charge in [-0.3, -0.25) is 4.79 Å². The van der Waals surface area contributed by atoms with E-state index in [4.69, 9.17) is 14.9 Å². The molecule has 0 heterocycles. The van der Waals surface area contributed by atoms with Crippen molar-refractivity contribution in [2.24, 2.45) is 0 Å². The van der Waals surface area contributed by atoms with Crippen molar-refractivity contribution < 1.29 is 28.2 Å². The molecule has 1 unspecified atom stereocenters. The molecule has 19 heavy (non-hydrogen) atoms. The van der Waals surface area contributed by atoms with Crippen LogP contribution in [0.2, 0.25) is 0 Å².